The Bertz CT molecular complexity index is 1080. The van der Waals surface area contributed by atoms with E-state index in [2.05, 4.69) is 16.9 Å². The number of aryl methyl sites for hydroxylation is 2. The van der Waals surface area contributed by atoms with Crippen LogP contribution >= 0.6 is 0 Å². The van der Waals surface area contributed by atoms with Gasteiger partial charge in [-0.2, -0.15) is 8.78 Å². The first kappa shape index (κ1) is 31.9. The van der Waals surface area contributed by atoms with Crippen LogP contribution in [0.4, 0.5) is 17.6 Å². The lowest BCUT2D eigenvalue weighted by molar-refractivity contribution is -0.0824. The van der Waals surface area contributed by atoms with E-state index in [1.165, 1.54) is 76.7 Å². The molecular weight excluding hydrogens is 524 g/mol. The van der Waals surface area contributed by atoms with E-state index in [1.807, 2.05) is 0 Å². The van der Waals surface area contributed by atoms with E-state index in [0.717, 1.165) is 44.4 Å². The predicted octanol–water partition coefficient (Wildman–Crippen LogP) is 11.3. The summed E-state index contributed by atoms with van der Waals surface area (Å²) >= 11 is 0. The lowest BCUT2D eigenvalue weighted by atomic mass is 9.78. The van der Waals surface area contributed by atoms with Crippen LogP contribution < -0.4 is 0 Å². The molecule has 1 saturated carbocycles. The summed E-state index contributed by atoms with van der Waals surface area (Å²) in [6.45, 7) is 2.17. The molecule has 2 aromatic heterocycles. The van der Waals surface area contributed by atoms with Gasteiger partial charge in [0, 0.05) is 11.5 Å². The van der Waals surface area contributed by atoms with Crippen LogP contribution in [0.15, 0.2) is 18.2 Å². The number of aromatic nitrogens is 2. The van der Waals surface area contributed by atoms with Crippen LogP contribution in [-0.4, -0.2) is 9.97 Å². The molecule has 0 saturated heterocycles. The Kier molecular flexibility index (Phi) is 12.5. The first-order chi connectivity index (χ1) is 19.9. The number of rotatable bonds is 19. The minimum absolute atomic E-state index is 0.120. The predicted molar refractivity (Wildman–Crippen MR) is 159 cm³/mol. The van der Waals surface area contributed by atoms with E-state index in [-0.39, 0.29) is 17.0 Å². The van der Waals surface area contributed by atoms with E-state index in [0.29, 0.717) is 31.2 Å². The van der Waals surface area contributed by atoms with Crippen LogP contribution in [0, 0.1) is 23.7 Å². The molecule has 0 amide bonds. The molecule has 2 heterocycles. The monoisotopic (exact) mass is 574 g/mol. The number of nitrogens with zero attached hydrogens (tertiary/aromatic N) is 2. The van der Waals surface area contributed by atoms with Crippen molar-refractivity contribution in [2.75, 3.05) is 0 Å². The molecule has 228 valence electrons. The molecule has 1 fully saturated rings. The van der Waals surface area contributed by atoms with Gasteiger partial charge in [0.1, 0.15) is 0 Å². The summed E-state index contributed by atoms with van der Waals surface area (Å²) in [6, 6.07) is 4.81. The summed E-state index contributed by atoms with van der Waals surface area (Å²) in [5.41, 5.74) is 0.548. The highest BCUT2D eigenvalue weighted by Crippen LogP contribution is 2.47. The highest BCUT2D eigenvalue weighted by atomic mass is 19.3. The van der Waals surface area contributed by atoms with Crippen LogP contribution in [0.3, 0.4) is 0 Å². The number of pyridine rings is 2. The Morgan fingerprint density at radius 3 is 1.98 bits per heavy atom. The second-order valence-corrected chi connectivity index (χ2v) is 12.7. The molecule has 4 rings (SSSR count). The van der Waals surface area contributed by atoms with Crippen molar-refractivity contribution in [3.63, 3.8) is 0 Å². The molecule has 0 spiro atoms. The molecule has 0 aliphatic heterocycles. The van der Waals surface area contributed by atoms with Gasteiger partial charge in [-0.05, 0) is 55.7 Å². The molecule has 1 atom stereocenters. The highest BCUT2D eigenvalue weighted by Gasteiger charge is 2.47. The number of hydrogen-bond acceptors (Lipinski definition) is 2. The molecule has 6 heteroatoms. The third kappa shape index (κ3) is 9.51. The van der Waals surface area contributed by atoms with Crippen molar-refractivity contribution >= 4 is 0 Å². The zero-order valence-corrected chi connectivity index (χ0v) is 25.1. The quantitative estimate of drug-likeness (QED) is 0.0947. The Balaban J connectivity index is 1.26. The van der Waals surface area contributed by atoms with E-state index in [1.54, 1.807) is 12.1 Å². The topological polar surface area (TPSA) is 25.8 Å². The van der Waals surface area contributed by atoms with Crippen LogP contribution in [0.2, 0.25) is 0 Å². The lowest BCUT2D eigenvalue weighted by Gasteiger charge is -2.33. The summed E-state index contributed by atoms with van der Waals surface area (Å²) < 4.78 is 60.7. The van der Waals surface area contributed by atoms with Crippen LogP contribution in [-0.2, 0) is 18.8 Å². The molecule has 0 bridgehead atoms. The SMILES string of the molecule is CCCCCCCCCC1CCc2cc(-c3ccc(CCCCCCCCCC4CC4)c(F)n3)nc(F)c2C1(F)F. The van der Waals surface area contributed by atoms with E-state index < -0.39 is 29.3 Å². The number of hydrogen-bond donors (Lipinski definition) is 0. The third-order valence-corrected chi connectivity index (χ3v) is 9.27. The standard InChI is InChI=1S/C35H50F4N2/c1-2-3-4-5-7-12-15-18-29-23-21-28-25-31(41-34(37)32(28)35(29,38)39)30-24-22-27(33(36)40-30)17-14-11-9-6-8-10-13-16-26-19-20-26/h22,24-26,29H,2-21,23H2,1H3. The van der Waals surface area contributed by atoms with E-state index in [9.17, 15) is 4.39 Å². The second-order valence-electron chi connectivity index (χ2n) is 12.7. The van der Waals surface area contributed by atoms with Gasteiger partial charge >= 0.3 is 0 Å². The van der Waals surface area contributed by atoms with Gasteiger partial charge < -0.3 is 0 Å². The van der Waals surface area contributed by atoms with Gasteiger partial charge in [-0.15, -0.1) is 0 Å². The maximum absolute atomic E-state index is 15.4. The zero-order chi connectivity index (χ0) is 29.1. The lowest BCUT2D eigenvalue weighted by Crippen LogP contribution is -2.33. The summed E-state index contributed by atoms with van der Waals surface area (Å²) in [5.74, 6) is -4.82. The van der Waals surface area contributed by atoms with E-state index >= 15 is 13.2 Å². The van der Waals surface area contributed by atoms with Gasteiger partial charge in [0.15, 0.2) is 0 Å². The number of fused-ring (bicyclic) bond motifs is 1. The average Bonchev–Trinajstić information content (AvgIpc) is 3.77. The number of unbranched alkanes of at least 4 members (excludes halogenated alkanes) is 12. The molecular formula is C35H50F4N2. The average molecular weight is 575 g/mol. The maximum Gasteiger partial charge on any atom is 0.280 e. The smallest absolute Gasteiger partial charge is 0.218 e. The van der Waals surface area contributed by atoms with Crippen molar-refractivity contribution < 1.29 is 17.6 Å². The van der Waals surface area contributed by atoms with E-state index in [4.69, 9.17) is 0 Å². The van der Waals surface area contributed by atoms with Gasteiger partial charge in [0.05, 0.1) is 17.0 Å². The summed E-state index contributed by atoms with van der Waals surface area (Å²) in [7, 11) is 0. The Morgan fingerprint density at radius 1 is 0.707 bits per heavy atom. The molecule has 2 aliphatic carbocycles. The highest BCUT2D eigenvalue weighted by molar-refractivity contribution is 5.57. The molecule has 2 aromatic rings. The largest absolute Gasteiger partial charge is 0.280 e. The van der Waals surface area contributed by atoms with Crippen molar-refractivity contribution in [3.8, 4) is 11.4 Å². The Labute approximate surface area is 245 Å². The molecule has 0 radical (unpaired) electrons. The molecule has 2 nitrogen and oxygen atoms in total. The minimum Gasteiger partial charge on any atom is -0.218 e. The molecule has 41 heavy (non-hydrogen) atoms. The zero-order valence-electron chi connectivity index (χ0n) is 25.1. The third-order valence-electron chi connectivity index (χ3n) is 9.27. The van der Waals surface area contributed by atoms with Crippen LogP contribution in [0.25, 0.3) is 11.4 Å². The van der Waals surface area contributed by atoms with Crippen molar-refractivity contribution in [1.82, 2.24) is 9.97 Å². The first-order valence-electron chi connectivity index (χ1n) is 16.6. The van der Waals surface area contributed by atoms with Gasteiger partial charge in [-0.3, -0.25) is 0 Å². The van der Waals surface area contributed by atoms with Crippen molar-refractivity contribution in [1.29, 1.82) is 0 Å². The van der Waals surface area contributed by atoms with Crippen molar-refractivity contribution in [2.45, 2.75) is 148 Å². The van der Waals surface area contributed by atoms with Gasteiger partial charge in [0.2, 0.25) is 11.9 Å². The molecule has 1 unspecified atom stereocenters. The second kappa shape index (κ2) is 16.0. The van der Waals surface area contributed by atoms with Gasteiger partial charge in [-0.25, -0.2) is 18.7 Å². The summed E-state index contributed by atoms with van der Waals surface area (Å²) in [5, 5.41) is 0. The molecule has 2 aliphatic rings. The minimum atomic E-state index is -3.25. The van der Waals surface area contributed by atoms with Crippen LogP contribution in [0.5, 0.6) is 0 Å². The number of alkyl halides is 2. The normalized spacial score (nSPS) is 18.0. The van der Waals surface area contributed by atoms with Crippen molar-refractivity contribution in [3.05, 3.63) is 46.8 Å². The van der Waals surface area contributed by atoms with Crippen LogP contribution in [0.1, 0.15) is 146 Å². The van der Waals surface area contributed by atoms with Gasteiger partial charge in [-0.1, -0.05) is 116 Å². The molecule has 0 aromatic carbocycles. The summed E-state index contributed by atoms with van der Waals surface area (Å²) in [6.07, 6.45) is 21.8. The maximum atomic E-state index is 15.4. The number of halogens is 4. The Hall–Kier alpha value is -1.98. The fourth-order valence-electron chi connectivity index (χ4n) is 6.46. The summed E-state index contributed by atoms with van der Waals surface area (Å²) in [4.78, 5) is 7.90. The fourth-order valence-corrected chi connectivity index (χ4v) is 6.46. The Morgan fingerprint density at radius 2 is 1.32 bits per heavy atom. The first-order valence-corrected chi connectivity index (χ1v) is 16.6. The van der Waals surface area contributed by atoms with Crippen molar-refractivity contribution in [2.24, 2.45) is 11.8 Å². The molecule has 0 N–H and O–H groups in total. The van der Waals surface area contributed by atoms with Gasteiger partial charge in [0.25, 0.3) is 5.92 Å². The fraction of sp³-hybridized carbons (Fsp3) is 0.714.